The molecule has 0 spiro atoms. The van der Waals surface area contributed by atoms with E-state index in [0.717, 1.165) is 39.7 Å². The standard InChI is InChI=1S/C44H43BrNO/c1-6-46-31-38(43(35-20-10-7-11-21-35,36-22-12-8-13-23-36)37-24-14-9-15-25-37)26-17-30-42(46)44(47-5,39-27-16-19-32(2)33(39)3)40-28-18-29-41(45)34(40)4/h6-16,18-25,27-31,38H,1,17,26H2,2-5H3/q+1. The average molecular weight is 682 g/mol. The Hall–Kier alpha value is -4.31. The van der Waals surface area contributed by atoms with Gasteiger partial charge in [-0.3, -0.25) is 0 Å². The van der Waals surface area contributed by atoms with E-state index < -0.39 is 11.0 Å². The van der Waals surface area contributed by atoms with E-state index in [1.807, 2.05) is 13.3 Å². The summed E-state index contributed by atoms with van der Waals surface area (Å²) in [6.07, 6.45) is 8.54. The van der Waals surface area contributed by atoms with E-state index in [4.69, 9.17) is 4.74 Å². The number of nitrogens with zero attached hydrogens (tertiary/aromatic N) is 1. The van der Waals surface area contributed by atoms with Crippen LogP contribution in [0, 0.1) is 26.7 Å². The molecule has 0 saturated heterocycles. The first kappa shape index (κ1) is 32.6. The minimum absolute atomic E-state index is 0.0817. The minimum atomic E-state index is -0.890. The van der Waals surface area contributed by atoms with Gasteiger partial charge in [0.1, 0.15) is 0 Å². The molecule has 0 saturated carbocycles. The Kier molecular flexibility index (Phi) is 9.59. The normalized spacial score (nSPS) is 16.4. The zero-order chi connectivity index (χ0) is 33.0. The van der Waals surface area contributed by atoms with Gasteiger partial charge in [-0.25, -0.2) is 0 Å². The van der Waals surface area contributed by atoms with Gasteiger partial charge in [0.2, 0.25) is 11.3 Å². The van der Waals surface area contributed by atoms with Crippen LogP contribution < -0.4 is 0 Å². The number of allylic oxidation sites excluding steroid dienone is 1. The van der Waals surface area contributed by atoms with Gasteiger partial charge in [0.05, 0.1) is 11.3 Å². The van der Waals surface area contributed by atoms with E-state index >= 15 is 0 Å². The van der Waals surface area contributed by atoms with Crippen molar-refractivity contribution in [2.75, 3.05) is 7.11 Å². The quantitative estimate of drug-likeness (QED) is 0.111. The zero-order valence-corrected chi connectivity index (χ0v) is 29.4. The number of rotatable bonds is 9. The van der Waals surface area contributed by atoms with E-state index in [9.17, 15) is 0 Å². The lowest BCUT2D eigenvalue weighted by molar-refractivity contribution is -0.419. The van der Waals surface area contributed by atoms with Crippen LogP contribution in [0.15, 0.2) is 156 Å². The third-order valence-corrected chi connectivity index (χ3v) is 11.0. The van der Waals surface area contributed by atoms with Crippen LogP contribution in [-0.2, 0) is 15.8 Å². The van der Waals surface area contributed by atoms with Crippen LogP contribution in [0.2, 0.25) is 0 Å². The number of benzene rings is 5. The first-order chi connectivity index (χ1) is 22.9. The summed E-state index contributed by atoms with van der Waals surface area (Å²) < 4.78 is 10.2. The van der Waals surface area contributed by atoms with Crippen LogP contribution in [0.1, 0.15) is 57.3 Å². The highest BCUT2D eigenvalue weighted by Gasteiger charge is 2.50. The Morgan fingerprint density at radius 3 is 1.72 bits per heavy atom. The van der Waals surface area contributed by atoms with Gasteiger partial charge < -0.3 is 4.74 Å². The van der Waals surface area contributed by atoms with Crippen LogP contribution in [-0.4, -0.2) is 17.9 Å². The maximum absolute atomic E-state index is 6.89. The van der Waals surface area contributed by atoms with E-state index in [0.29, 0.717) is 0 Å². The maximum atomic E-state index is 6.89. The molecule has 0 fully saturated rings. The molecule has 2 nitrogen and oxygen atoms in total. The molecule has 2 atom stereocenters. The summed E-state index contributed by atoms with van der Waals surface area (Å²) in [4.78, 5) is 0. The second-order valence-corrected chi connectivity index (χ2v) is 13.3. The van der Waals surface area contributed by atoms with Gasteiger partial charge in [-0.05, 0) is 85.7 Å². The van der Waals surface area contributed by atoms with Gasteiger partial charge in [-0.2, -0.15) is 4.58 Å². The third kappa shape index (κ3) is 5.56. The lowest BCUT2D eigenvalue weighted by Gasteiger charge is -2.40. The van der Waals surface area contributed by atoms with Crippen LogP contribution in [0.4, 0.5) is 0 Å². The van der Waals surface area contributed by atoms with Crippen molar-refractivity contribution in [1.82, 2.24) is 0 Å². The summed E-state index contributed by atoms with van der Waals surface area (Å²) in [5.41, 5.74) is 9.34. The molecule has 2 unspecified atom stereocenters. The topological polar surface area (TPSA) is 12.2 Å². The van der Waals surface area contributed by atoms with Crippen molar-refractivity contribution in [3.63, 3.8) is 0 Å². The predicted molar refractivity (Wildman–Crippen MR) is 199 cm³/mol. The van der Waals surface area contributed by atoms with Crippen molar-refractivity contribution in [3.8, 4) is 0 Å². The zero-order valence-electron chi connectivity index (χ0n) is 27.8. The van der Waals surface area contributed by atoms with Gasteiger partial charge in [0.25, 0.3) is 0 Å². The molecule has 0 aromatic heterocycles. The molecule has 1 aliphatic heterocycles. The molecule has 5 aromatic rings. The Bertz CT molecular complexity index is 1780. The van der Waals surface area contributed by atoms with Crippen LogP contribution in [0.5, 0.6) is 0 Å². The van der Waals surface area contributed by atoms with Crippen molar-refractivity contribution in [2.24, 2.45) is 5.92 Å². The molecule has 0 bridgehead atoms. The largest absolute Gasteiger partial charge is 0.358 e. The Balaban J connectivity index is 1.67. The van der Waals surface area contributed by atoms with Gasteiger partial charge in [0, 0.05) is 22.7 Å². The fourth-order valence-corrected chi connectivity index (χ4v) is 8.15. The summed E-state index contributed by atoms with van der Waals surface area (Å²) in [6.45, 7) is 11.0. The summed E-state index contributed by atoms with van der Waals surface area (Å²) in [5.74, 6) is 0.0817. The maximum Gasteiger partial charge on any atom is 0.223 e. The van der Waals surface area contributed by atoms with Crippen molar-refractivity contribution < 1.29 is 9.31 Å². The molecular weight excluding hydrogens is 638 g/mol. The molecule has 0 radical (unpaired) electrons. The number of halogens is 1. The molecule has 6 rings (SSSR count). The van der Waals surface area contributed by atoms with Crippen LogP contribution in [0.3, 0.4) is 0 Å². The van der Waals surface area contributed by atoms with Crippen molar-refractivity contribution >= 4 is 22.1 Å². The molecule has 236 valence electrons. The SMILES string of the molecule is C=C[N+]1=CC(C(c2ccccc2)(c2ccccc2)c2ccccc2)CCC=C1C(OC)(c1cccc(C)c1C)c1cccc(Br)c1C. The van der Waals surface area contributed by atoms with Gasteiger partial charge >= 0.3 is 0 Å². The van der Waals surface area contributed by atoms with E-state index in [1.165, 1.54) is 27.8 Å². The molecule has 1 heterocycles. The van der Waals surface area contributed by atoms with Crippen LogP contribution >= 0.6 is 15.9 Å². The monoisotopic (exact) mass is 680 g/mol. The van der Waals surface area contributed by atoms with E-state index in [1.54, 1.807) is 0 Å². The molecule has 3 heteroatoms. The van der Waals surface area contributed by atoms with E-state index in [-0.39, 0.29) is 5.92 Å². The lowest BCUT2D eigenvalue weighted by Crippen LogP contribution is -2.41. The number of hydrogen-bond acceptors (Lipinski definition) is 1. The Labute approximate surface area is 288 Å². The highest BCUT2D eigenvalue weighted by Crippen LogP contribution is 2.50. The molecule has 47 heavy (non-hydrogen) atoms. The predicted octanol–water partition coefficient (Wildman–Crippen LogP) is 10.8. The molecule has 0 aliphatic carbocycles. The Morgan fingerprint density at radius 2 is 1.21 bits per heavy atom. The molecular formula is C44H43BrNO+. The van der Waals surface area contributed by atoms with Crippen molar-refractivity contribution in [3.05, 3.63) is 201 Å². The second kappa shape index (κ2) is 13.8. The summed E-state index contributed by atoms with van der Waals surface area (Å²) >= 11 is 3.84. The smallest absolute Gasteiger partial charge is 0.223 e. The fourth-order valence-electron chi connectivity index (χ4n) is 7.78. The number of hydrogen-bond donors (Lipinski definition) is 0. The highest BCUT2D eigenvalue weighted by molar-refractivity contribution is 9.10. The second-order valence-electron chi connectivity index (χ2n) is 12.5. The Morgan fingerprint density at radius 1 is 0.702 bits per heavy atom. The lowest BCUT2D eigenvalue weighted by atomic mass is 9.61. The van der Waals surface area contributed by atoms with Crippen LogP contribution in [0.25, 0.3) is 0 Å². The van der Waals surface area contributed by atoms with Gasteiger partial charge in [-0.15, -0.1) is 0 Å². The van der Waals surface area contributed by atoms with E-state index in [2.05, 4.69) is 188 Å². The molecule has 5 aromatic carbocycles. The first-order valence-electron chi connectivity index (χ1n) is 16.4. The van der Waals surface area contributed by atoms with Crippen molar-refractivity contribution in [2.45, 2.75) is 44.6 Å². The third-order valence-electron chi connectivity index (χ3n) is 10.2. The number of ether oxygens (including phenoxy) is 1. The summed E-state index contributed by atoms with van der Waals surface area (Å²) in [6, 6.07) is 45.9. The average Bonchev–Trinajstić information content (AvgIpc) is 3.34. The minimum Gasteiger partial charge on any atom is -0.358 e. The number of aryl methyl sites for hydroxylation is 1. The number of methoxy groups -OCH3 is 1. The molecule has 1 aliphatic rings. The summed E-state index contributed by atoms with van der Waals surface area (Å²) in [5, 5.41) is 0. The van der Waals surface area contributed by atoms with Crippen molar-refractivity contribution in [1.29, 1.82) is 0 Å². The van der Waals surface area contributed by atoms with Gasteiger partial charge in [0.15, 0.2) is 12.4 Å². The van der Waals surface area contributed by atoms with Gasteiger partial charge in [-0.1, -0.05) is 137 Å². The first-order valence-corrected chi connectivity index (χ1v) is 17.2. The highest BCUT2D eigenvalue weighted by atomic mass is 79.9. The molecule has 0 amide bonds. The fraction of sp³-hybridized carbons (Fsp3) is 0.205. The molecule has 0 N–H and O–H groups in total. The summed E-state index contributed by atoms with van der Waals surface area (Å²) in [7, 11) is 1.84.